The Morgan fingerprint density at radius 3 is 2.44 bits per heavy atom. The summed E-state index contributed by atoms with van der Waals surface area (Å²) in [7, 11) is 0. The Balaban J connectivity index is 1.84. The predicted octanol–water partition coefficient (Wildman–Crippen LogP) is 1.52. The summed E-state index contributed by atoms with van der Waals surface area (Å²) in [5.74, 6) is 1.06. The summed E-state index contributed by atoms with van der Waals surface area (Å²) in [6, 6.07) is 0.540. The molecular weight excluding hydrogens is 110 g/mol. The van der Waals surface area contributed by atoms with Gasteiger partial charge >= 0.3 is 0 Å². The molecule has 0 bridgehead atoms. The molecule has 2 unspecified atom stereocenters. The van der Waals surface area contributed by atoms with Crippen molar-refractivity contribution in [3.8, 4) is 0 Å². The van der Waals surface area contributed by atoms with E-state index < -0.39 is 0 Å². The summed E-state index contributed by atoms with van der Waals surface area (Å²) in [6.45, 7) is 2.33. The van der Waals surface area contributed by atoms with E-state index in [1.807, 2.05) is 0 Å². The highest BCUT2D eigenvalue weighted by Crippen LogP contribution is 2.53. The Morgan fingerprint density at radius 1 is 1.56 bits per heavy atom. The van der Waals surface area contributed by atoms with Crippen LogP contribution in [0.1, 0.15) is 32.6 Å². The summed E-state index contributed by atoms with van der Waals surface area (Å²) in [6.07, 6.45) is 5.64. The lowest BCUT2D eigenvalue weighted by atomic mass is 10.0. The summed E-state index contributed by atoms with van der Waals surface area (Å²) < 4.78 is 0. The van der Waals surface area contributed by atoms with Crippen molar-refractivity contribution in [2.24, 2.45) is 17.1 Å². The Kier molecular flexibility index (Phi) is 0.963. The van der Waals surface area contributed by atoms with E-state index in [-0.39, 0.29) is 0 Å². The highest BCUT2D eigenvalue weighted by molar-refractivity contribution is 5.04. The predicted molar refractivity (Wildman–Crippen MR) is 38.0 cm³/mol. The lowest BCUT2D eigenvalue weighted by molar-refractivity contribution is 0.462. The minimum Gasteiger partial charge on any atom is -0.327 e. The van der Waals surface area contributed by atoms with Gasteiger partial charge in [-0.1, -0.05) is 19.8 Å². The van der Waals surface area contributed by atoms with Crippen molar-refractivity contribution in [1.82, 2.24) is 0 Å². The van der Waals surface area contributed by atoms with Crippen LogP contribution in [0, 0.1) is 11.3 Å². The summed E-state index contributed by atoms with van der Waals surface area (Å²) in [5.41, 5.74) is 6.35. The molecule has 2 N–H and O–H groups in total. The molecule has 9 heavy (non-hydrogen) atoms. The quantitative estimate of drug-likeness (QED) is 0.595. The maximum absolute atomic E-state index is 5.78. The molecule has 2 aliphatic rings. The average molecular weight is 125 g/mol. The molecule has 0 aromatic carbocycles. The third kappa shape index (κ3) is 0.983. The molecule has 0 aromatic heterocycles. The second kappa shape index (κ2) is 1.51. The number of rotatable bonds is 2. The Hall–Kier alpha value is -0.0400. The molecule has 1 nitrogen and oxygen atoms in total. The Labute approximate surface area is 56.6 Å². The van der Waals surface area contributed by atoms with Crippen molar-refractivity contribution in [1.29, 1.82) is 0 Å². The van der Waals surface area contributed by atoms with Gasteiger partial charge in [-0.25, -0.2) is 0 Å². The first-order valence-corrected chi connectivity index (χ1v) is 3.96. The van der Waals surface area contributed by atoms with Crippen molar-refractivity contribution >= 4 is 0 Å². The van der Waals surface area contributed by atoms with E-state index in [2.05, 4.69) is 6.92 Å². The SMILES string of the molecule is CC1(CC2CC2)CC1N. The van der Waals surface area contributed by atoms with E-state index in [1.165, 1.54) is 25.7 Å². The Bertz CT molecular complexity index is 129. The van der Waals surface area contributed by atoms with Gasteiger partial charge in [-0.3, -0.25) is 0 Å². The average Bonchev–Trinajstić information content (AvgIpc) is 2.56. The molecule has 0 spiro atoms. The molecular formula is C8H15N. The number of hydrogen-bond donors (Lipinski definition) is 1. The standard InChI is InChI=1S/C8H15N/c1-8(5-7(8)9)4-6-2-3-6/h6-7H,2-5,9H2,1H3. The highest BCUT2D eigenvalue weighted by atomic mass is 14.8. The molecule has 0 saturated heterocycles. The zero-order valence-electron chi connectivity index (χ0n) is 6.06. The van der Waals surface area contributed by atoms with Gasteiger partial charge in [0.05, 0.1) is 0 Å². The number of nitrogens with two attached hydrogens (primary N) is 1. The van der Waals surface area contributed by atoms with Crippen LogP contribution in [0.2, 0.25) is 0 Å². The van der Waals surface area contributed by atoms with E-state index in [0.717, 1.165) is 5.92 Å². The first-order chi connectivity index (χ1) is 4.21. The van der Waals surface area contributed by atoms with E-state index in [1.54, 1.807) is 0 Å². The zero-order chi connectivity index (χ0) is 6.48. The fourth-order valence-electron chi connectivity index (χ4n) is 1.66. The molecule has 2 aliphatic carbocycles. The minimum absolute atomic E-state index is 0.540. The fraction of sp³-hybridized carbons (Fsp3) is 1.00. The normalized spacial score (nSPS) is 49.3. The maximum Gasteiger partial charge on any atom is 0.00993 e. The van der Waals surface area contributed by atoms with Gasteiger partial charge in [-0.05, 0) is 24.2 Å². The van der Waals surface area contributed by atoms with Gasteiger partial charge in [-0.15, -0.1) is 0 Å². The van der Waals surface area contributed by atoms with Crippen LogP contribution in [0.3, 0.4) is 0 Å². The minimum atomic E-state index is 0.540. The molecule has 0 heterocycles. The van der Waals surface area contributed by atoms with Crippen LogP contribution < -0.4 is 5.73 Å². The first kappa shape index (κ1) is 5.72. The van der Waals surface area contributed by atoms with E-state index in [9.17, 15) is 0 Å². The van der Waals surface area contributed by atoms with Crippen molar-refractivity contribution in [2.45, 2.75) is 38.6 Å². The molecule has 2 saturated carbocycles. The smallest absolute Gasteiger partial charge is 0.00993 e. The van der Waals surface area contributed by atoms with Crippen molar-refractivity contribution < 1.29 is 0 Å². The van der Waals surface area contributed by atoms with Crippen LogP contribution in [0.25, 0.3) is 0 Å². The second-order valence-corrected chi connectivity index (χ2v) is 4.11. The summed E-state index contributed by atoms with van der Waals surface area (Å²) >= 11 is 0. The lowest BCUT2D eigenvalue weighted by Crippen LogP contribution is -2.10. The largest absolute Gasteiger partial charge is 0.327 e. The van der Waals surface area contributed by atoms with Crippen molar-refractivity contribution in [3.63, 3.8) is 0 Å². The summed E-state index contributed by atoms with van der Waals surface area (Å²) in [4.78, 5) is 0. The fourth-order valence-corrected chi connectivity index (χ4v) is 1.66. The van der Waals surface area contributed by atoms with Crippen LogP contribution in [0.15, 0.2) is 0 Å². The van der Waals surface area contributed by atoms with Gasteiger partial charge in [0.15, 0.2) is 0 Å². The molecule has 0 aromatic rings. The third-order valence-electron chi connectivity index (χ3n) is 2.87. The van der Waals surface area contributed by atoms with Gasteiger partial charge in [0.2, 0.25) is 0 Å². The molecule has 0 amide bonds. The molecule has 2 rings (SSSR count). The molecule has 2 atom stereocenters. The van der Waals surface area contributed by atoms with Gasteiger partial charge < -0.3 is 5.73 Å². The number of hydrogen-bond acceptors (Lipinski definition) is 1. The highest BCUT2D eigenvalue weighted by Gasteiger charge is 2.49. The first-order valence-electron chi connectivity index (χ1n) is 3.96. The van der Waals surface area contributed by atoms with Crippen LogP contribution in [-0.4, -0.2) is 6.04 Å². The zero-order valence-corrected chi connectivity index (χ0v) is 6.06. The van der Waals surface area contributed by atoms with E-state index in [0.29, 0.717) is 11.5 Å². The van der Waals surface area contributed by atoms with Crippen LogP contribution in [-0.2, 0) is 0 Å². The van der Waals surface area contributed by atoms with Crippen LogP contribution in [0.4, 0.5) is 0 Å². The lowest BCUT2D eigenvalue weighted by Gasteiger charge is -2.05. The Morgan fingerprint density at radius 2 is 2.11 bits per heavy atom. The topological polar surface area (TPSA) is 26.0 Å². The van der Waals surface area contributed by atoms with Crippen LogP contribution >= 0.6 is 0 Å². The molecule has 52 valence electrons. The van der Waals surface area contributed by atoms with E-state index >= 15 is 0 Å². The van der Waals surface area contributed by atoms with Crippen molar-refractivity contribution in [3.05, 3.63) is 0 Å². The molecule has 0 radical (unpaired) electrons. The van der Waals surface area contributed by atoms with Gasteiger partial charge in [0.1, 0.15) is 0 Å². The van der Waals surface area contributed by atoms with Gasteiger partial charge in [0.25, 0.3) is 0 Å². The second-order valence-electron chi connectivity index (χ2n) is 4.11. The van der Waals surface area contributed by atoms with Gasteiger partial charge in [0, 0.05) is 6.04 Å². The molecule has 2 fully saturated rings. The summed E-state index contributed by atoms with van der Waals surface area (Å²) in [5, 5.41) is 0. The van der Waals surface area contributed by atoms with E-state index in [4.69, 9.17) is 5.73 Å². The third-order valence-corrected chi connectivity index (χ3v) is 2.87. The molecule has 0 aliphatic heterocycles. The molecule has 1 heteroatoms. The van der Waals surface area contributed by atoms with Crippen molar-refractivity contribution in [2.75, 3.05) is 0 Å². The monoisotopic (exact) mass is 125 g/mol. The van der Waals surface area contributed by atoms with Crippen LogP contribution in [0.5, 0.6) is 0 Å². The van der Waals surface area contributed by atoms with Gasteiger partial charge in [-0.2, -0.15) is 0 Å². The maximum atomic E-state index is 5.78.